The quantitative estimate of drug-likeness (QED) is 0.403. The first-order valence-electron chi connectivity index (χ1n) is 12.0. The average molecular weight is 558 g/mol. The fourth-order valence-corrected chi connectivity index (χ4v) is 8.72. The maximum absolute atomic E-state index is 11.3. The van der Waals surface area contributed by atoms with Gasteiger partial charge in [-0.3, -0.25) is 4.68 Å². The highest BCUT2D eigenvalue weighted by atomic mass is 127. The Labute approximate surface area is 206 Å². The molecule has 0 saturated heterocycles. The van der Waals surface area contributed by atoms with Crippen LogP contribution in [-0.2, 0) is 11.3 Å². The van der Waals surface area contributed by atoms with E-state index < -0.39 is 6.09 Å². The van der Waals surface area contributed by atoms with Gasteiger partial charge in [-0.1, -0.05) is 34.6 Å². The number of nitrogens with zero attached hydrogens (tertiary/aromatic N) is 2. The van der Waals surface area contributed by atoms with Crippen LogP contribution >= 0.6 is 22.6 Å². The zero-order valence-electron chi connectivity index (χ0n) is 20.6. The molecule has 1 amide bonds. The number of carboxylic acid groups (broad SMARTS) is 1. The summed E-state index contributed by atoms with van der Waals surface area (Å²) in [6.07, 6.45) is 8.86. The van der Waals surface area contributed by atoms with E-state index >= 15 is 0 Å². The summed E-state index contributed by atoms with van der Waals surface area (Å²) in [5, 5.41) is 16.7. The highest BCUT2D eigenvalue weighted by Gasteiger charge is 2.66. The molecule has 1 heterocycles. The summed E-state index contributed by atoms with van der Waals surface area (Å²) in [6, 6.07) is -0.122. The van der Waals surface area contributed by atoms with Crippen molar-refractivity contribution in [3.05, 3.63) is 15.5 Å². The third kappa shape index (κ3) is 4.70. The maximum atomic E-state index is 11.3. The Hall–Kier alpha value is -0.830. The van der Waals surface area contributed by atoms with Crippen LogP contribution in [0.15, 0.2) is 6.20 Å². The van der Waals surface area contributed by atoms with Crippen LogP contribution in [0, 0.1) is 32.2 Å². The van der Waals surface area contributed by atoms with Crippen LogP contribution in [0.4, 0.5) is 4.79 Å². The lowest BCUT2D eigenvalue weighted by molar-refractivity contribution is -0.249. The summed E-state index contributed by atoms with van der Waals surface area (Å²) in [7, 11) is 0. The second-order valence-electron chi connectivity index (χ2n) is 13.1. The molecule has 180 valence electrons. The molecule has 4 fully saturated rings. The summed E-state index contributed by atoms with van der Waals surface area (Å²) in [6.45, 7) is 15.0. The molecule has 3 atom stereocenters. The van der Waals surface area contributed by atoms with Gasteiger partial charge < -0.3 is 15.2 Å². The van der Waals surface area contributed by atoms with Gasteiger partial charge in [0.05, 0.1) is 15.4 Å². The average Bonchev–Trinajstić information content (AvgIpc) is 2.88. The van der Waals surface area contributed by atoms with E-state index in [0.717, 1.165) is 25.8 Å². The smallest absolute Gasteiger partial charge is 0.404 e. The van der Waals surface area contributed by atoms with Gasteiger partial charge in [0.2, 0.25) is 0 Å². The molecule has 7 heteroatoms. The van der Waals surface area contributed by atoms with Crippen LogP contribution in [0.2, 0.25) is 0 Å². The lowest BCUT2D eigenvalue weighted by Gasteiger charge is -2.69. The summed E-state index contributed by atoms with van der Waals surface area (Å²) < 4.78 is 10.3. The highest BCUT2D eigenvalue weighted by molar-refractivity contribution is 14.1. The third-order valence-corrected chi connectivity index (χ3v) is 9.40. The van der Waals surface area contributed by atoms with Crippen molar-refractivity contribution in [2.45, 2.75) is 105 Å². The number of aromatic nitrogens is 2. The van der Waals surface area contributed by atoms with Crippen molar-refractivity contribution >= 4 is 28.7 Å². The normalized spacial score (nSPS) is 37.0. The maximum Gasteiger partial charge on any atom is 0.404 e. The first-order valence-corrected chi connectivity index (χ1v) is 13.1. The van der Waals surface area contributed by atoms with Gasteiger partial charge in [-0.2, -0.15) is 5.10 Å². The van der Waals surface area contributed by atoms with Crippen molar-refractivity contribution in [3.63, 3.8) is 0 Å². The highest BCUT2D eigenvalue weighted by Crippen LogP contribution is 2.72. The lowest BCUT2D eigenvalue weighted by atomic mass is 9.39. The molecule has 0 aliphatic heterocycles. The first-order chi connectivity index (χ1) is 14.7. The molecule has 4 aliphatic carbocycles. The first kappa shape index (κ1) is 24.3. The number of hydrogen-bond acceptors (Lipinski definition) is 3. The SMILES string of the molecule is Cc1c(I)cnn1CC12CC3(C)CC(C)(C1)CC(OCCC(NC(=O)O)C(C)(C)C)(C3)C2. The second kappa shape index (κ2) is 7.85. The minimum atomic E-state index is -0.956. The van der Waals surface area contributed by atoms with E-state index in [1.54, 1.807) is 0 Å². The number of carbonyl (C=O) groups is 1. The molecule has 0 radical (unpaired) electrons. The summed E-state index contributed by atoms with van der Waals surface area (Å²) >= 11 is 2.38. The molecule has 4 bridgehead atoms. The predicted molar refractivity (Wildman–Crippen MR) is 134 cm³/mol. The summed E-state index contributed by atoms with van der Waals surface area (Å²) in [5.74, 6) is 0. The van der Waals surface area contributed by atoms with Crippen molar-refractivity contribution in [3.8, 4) is 0 Å². The Morgan fingerprint density at radius 2 is 1.84 bits per heavy atom. The van der Waals surface area contributed by atoms with E-state index in [-0.39, 0.29) is 22.5 Å². The third-order valence-electron chi connectivity index (χ3n) is 8.34. The molecule has 1 aromatic heterocycles. The molecule has 6 nitrogen and oxygen atoms in total. The monoisotopic (exact) mass is 557 g/mol. The lowest BCUT2D eigenvalue weighted by Crippen LogP contribution is -2.64. The molecule has 1 aromatic rings. The van der Waals surface area contributed by atoms with Crippen LogP contribution in [-0.4, -0.2) is 39.2 Å². The Bertz CT molecular complexity index is 871. The second-order valence-corrected chi connectivity index (χ2v) is 14.3. The fraction of sp³-hybridized carbons (Fsp3) is 0.840. The number of amides is 1. The van der Waals surface area contributed by atoms with Gasteiger partial charge in [-0.05, 0) is 96.1 Å². The van der Waals surface area contributed by atoms with Crippen LogP contribution < -0.4 is 5.32 Å². The van der Waals surface area contributed by atoms with Gasteiger partial charge >= 0.3 is 6.09 Å². The molecule has 4 aliphatic rings. The molecule has 32 heavy (non-hydrogen) atoms. The fourth-order valence-electron chi connectivity index (χ4n) is 8.32. The number of rotatable bonds is 7. The number of hydrogen-bond donors (Lipinski definition) is 2. The number of halogens is 1. The molecule has 0 aromatic carbocycles. The predicted octanol–water partition coefficient (Wildman–Crippen LogP) is 6.00. The van der Waals surface area contributed by atoms with Crippen molar-refractivity contribution in [2.24, 2.45) is 21.7 Å². The van der Waals surface area contributed by atoms with E-state index in [9.17, 15) is 9.90 Å². The number of ether oxygens (including phenoxy) is 1. The van der Waals surface area contributed by atoms with Crippen LogP contribution in [0.3, 0.4) is 0 Å². The Kier molecular flexibility index (Phi) is 5.96. The Morgan fingerprint density at radius 3 is 2.34 bits per heavy atom. The molecule has 4 saturated carbocycles. The zero-order valence-corrected chi connectivity index (χ0v) is 22.7. The van der Waals surface area contributed by atoms with Gasteiger partial charge in [0.1, 0.15) is 0 Å². The van der Waals surface area contributed by atoms with Crippen molar-refractivity contribution in [1.29, 1.82) is 0 Å². The topological polar surface area (TPSA) is 76.4 Å². The van der Waals surface area contributed by atoms with Gasteiger partial charge in [0, 0.05) is 24.9 Å². The van der Waals surface area contributed by atoms with E-state index in [1.165, 1.54) is 28.5 Å². The van der Waals surface area contributed by atoms with E-state index in [4.69, 9.17) is 9.84 Å². The van der Waals surface area contributed by atoms with Crippen LogP contribution in [0.25, 0.3) is 0 Å². The molecule has 3 unspecified atom stereocenters. The minimum absolute atomic E-state index is 0.0991. The molecule has 2 N–H and O–H groups in total. The van der Waals surface area contributed by atoms with E-state index in [1.807, 2.05) is 6.20 Å². The molecule has 0 spiro atoms. The van der Waals surface area contributed by atoms with Crippen molar-refractivity contribution in [1.82, 2.24) is 15.1 Å². The zero-order chi connectivity index (χ0) is 23.6. The van der Waals surface area contributed by atoms with Gasteiger partial charge in [0.25, 0.3) is 0 Å². The standard InChI is InChI=1S/C25H40IN3O3/c1-17-18(26)9-27-29(17)16-24-11-22(5)10-23(6,12-24)14-25(13-22,15-24)32-8-7-19(21(2,3)4)28-20(30)31/h9,19,28H,7-8,10-16H2,1-6H3,(H,30,31). The summed E-state index contributed by atoms with van der Waals surface area (Å²) in [5.41, 5.74) is 1.86. The van der Waals surface area contributed by atoms with Gasteiger partial charge in [-0.15, -0.1) is 0 Å². The van der Waals surface area contributed by atoms with Crippen molar-refractivity contribution in [2.75, 3.05) is 6.61 Å². The largest absolute Gasteiger partial charge is 0.465 e. The molecular weight excluding hydrogens is 517 g/mol. The molecule has 5 rings (SSSR count). The Balaban J connectivity index is 1.53. The van der Waals surface area contributed by atoms with Gasteiger partial charge in [0.15, 0.2) is 0 Å². The van der Waals surface area contributed by atoms with Crippen LogP contribution in [0.5, 0.6) is 0 Å². The van der Waals surface area contributed by atoms with Crippen molar-refractivity contribution < 1.29 is 14.6 Å². The van der Waals surface area contributed by atoms with E-state index in [2.05, 4.69) is 74.1 Å². The summed E-state index contributed by atoms with van der Waals surface area (Å²) in [4.78, 5) is 11.3. The minimum Gasteiger partial charge on any atom is -0.465 e. The van der Waals surface area contributed by atoms with Gasteiger partial charge in [-0.25, -0.2) is 4.79 Å². The molecular formula is C25H40IN3O3. The Morgan fingerprint density at radius 1 is 1.22 bits per heavy atom. The van der Waals surface area contributed by atoms with E-state index in [0.29, 0.717) is 23.9 Å². The number of nitrogens with one attached hydrogen (secondary N) is 1. The van der Waals surface area contributed by atoms with Crippen LogP contribution in [0.1, 0.15) is 85.3 Å².